The molecule has 0 spiro atoms. The Kier molecular flexibility index (Phi) is 4.42. The van der Waals surface area contributed by atoms with Crippen LogP contribution in [-0.4, -0.2) is 44.4 Å². The third-order valence-corrected chi connectivity index (χ3v) is 6.75. The van der Waals surface area contributed by atoms with Crippen LogP contribution < -0.4 is 9.47 Å². The lowest BCUT2D eigenvalue weighted by molar-refractivity contribution is 0.171. The summed E-state index contributed by atoms with van der Waals surface area (Å²) < 4.78 is 37.8. The lowest BCUT2D eigenvalue weighted by Gasteiger charge is -2.30. The van der Waals surface area contributed by atoms with Crippen LogP contribution in [0.4, 0.5) is 0 Å². The molecule has 0 unspecified atom stereocenters. The largest absolute Gasteiger partial charge is 0.486 e. The summed E-state index contributed by atoms with van der Waals surface area (Å²) in [4.78, 5) is 0.282. The number of nitrogens with zero attached hydrogens (tertiary/aromatic N) is 1. The second-order valence-electron chi connectivity index (χ2n) is 5.31. The maximum Gasteiger partial charge on any atom is 0.243 e. The van der Waals surface area contributed by atoms with E-state index in [1.54, 1.807) is 22.5 Å². The van der Waals surface area contributed by atoms with Gasteiger partial charge in [-0.15, -0.1) is 0 Å². The van der Waals surface area contributed by atoms with Crippen LogP contribution in [0.3, 0.4) is 0 Å². The minimum atomic E-state index is -3.44. The molecule has 116 valence electrons. The van der Waals surface area contributed by atoms with Crippen LogP contribution in [-0.2, 0) is 10.0 Å². The van der Waals surface area contributed by atoms with Gasteiger partial charge in [0.1, 0.15) is 13.2 Å². The zero-order valence-corrected chi connectivity index (χ0v) is 14.0. The lowest BCUT2D eigenvalue weighted by Crippen LogP contribution is -2.38. The molecule has 0 radical (unpaired) electrons. The van der Waals surface area contributed by atoms with Crippen LogP contribution in [0, 0.1) is 5.92 Å². The molecule has 2 aliphatic heterocycles. The first-order valence-corrected chi connectivity index (χ1v) is 9.63. The molecule has 0 aliphatic carbocycles. The van der Waals surface area contributed by atoms with Crippen molar-refractivity contribution in [3.8, 4) is 11.5 Å². The number of ether oxygens (including phenoxy) is 2. The zero-order valence-electron chi connectivity index (χ0n) is 11.6. The predicted molar refractivity (Wildman–Crippen MR) is 82.7 cm³/mol. The van der Waals surface area contributed by atoms with Gasteiger partial charge in [-0.1, -0.05) is 15.9 Å². The molecular formula is C14H18BrNO4S. The molecule has 0 aromatic heterocycles. The average molecular weight is 376 g/mol. The number of sulfonamides is 1. The van der Waals surface area contributed by atoms with Crippen LogP contribution in [0.2, 0.25) is 0 Å². The fourth-order valence-electron chi connectivity index (χ4n) is 2.64. The molecule has 2 heterocycles. The molecule has 0 amide bonds. The van der Waals surface area contributed by atoms with Crippen LogP contribution >= 0.6 is 15.9 Å². The minimum Gasteiger partial charge on any atom is -0.486 e. The monoisotopic (exact) mass is 375 g/mol. The molecule has 1 fully saturated rings. The second kappa shape index (κ2) is 6.14. The zero-order chi connectivity index (χ0) is 14.9. The summed E-state index contributed by atoms with van der Waals surface area (Å²) >= 11 is 3.47. The number of halogens is 1. The first-order valence-electron chi connectivity index (χ1n) is 7.07. The molecule has 1 aromatic carbocycles. The van der Waals surface area contributed by atoms with Crippen molar-refractivity contribution < 1.29 is 17.9 Å². The third-order valence-electron chi connectivity index (χ3n) is 3.94. The maximum atomic E-state index is 12.7. The Morgan fingerprint density at radius 3 is 2.48 bits per heavy atom. The van der Waals surface area contributed by atoms with Crippen LogP contribution in [0.5, 0.6) is 11.5 Å². The van der Waals surface area contributed by atoms with E-state index >= 15 is 0 Å². The number of alkyl halides is 1. The van der Waals surface area contributed by atoms with Gasteiger partial charge in [0.2, 0.25) is 10.0 Å². The number of fused-ring (bicyclic) bond motifs is 1. The fourth-order valence-corrected chi connectivity index (χ4v) is 4.77. The predicted octanol–water partition coefficient (Wildman–Crippen LogP) is 2.25. The van der Waals surface area contributed by atoms with E-state index in [0.717, 1.165) is 18.2 Å². The molecule has 1 saturated heterocycles. The van der Waals surface area contributed by atoms with Gasteiger partial charge in [-0.05, 0) is 30.9 Å². The SMILES string of the molecule is O=S(=O)(c1ccc2c(c1)OCCO2)N1CCC(CBr)CC1. The number of piperidine rings is 1. The quantitative estimate of drug-likeness (QED) is 0.760. The minimum absolute atomic E-state index is 0.282. The summed E-state index contributed by atoms with van der Waals surface area (Å²) in [6.45, 7) is 2.10. The van der Waals surface area contributed by atoms with Gasteiger partial charge in [0.25, 0.3) is 0 Å². The summed E-state index contributed by atoms with van der Waals surface area (Å²) in [5.74, 6) is 1.69. The van der Waals surface area contributed by atoms with Crippen LogP contribution in [0.25, 0.3) is 0 Å². The summed E-state index contributed by atoms with van der Waals surface area (Å²) in [7, 11) is -3.44. The molecule has 7 heteroatoms. The lowest BCUT2D eigenvalue weighted by atomic mass is 10.0. The van der Waals surface area contributed by atoms with Crippen LogP contribution in [0.1, 0.15) is 12.8 Å². The van der Waals surface area contributed by atoms with E-state index in [1.165, 1.54) is 0 Å². The Morgan fingerprint density at radius 2 is 1.81 bits per heavy atom. The van der Waals surface area contributed by atoms with E-state index in [4.69, 9.17) is 9.47 Å². The summed E-state index contributed by atoms with van der Waals surface area (Å²) in [5.41, 5.74) is 0. The highest BCUT2D eigenvalue weighted by Crippen LogP contribution is 2.34. The van der Waals surface area contributed by atoms with Gasteiger partial charge < -0.3 is 9.47 Å². The van der Waals surface area contributed by atoms with Gasteiger partial charge in [0.05, 0.1) is 4.90 Å². The van der Waals surface area contributed by atoms with Crippen molar-refractivity contribution in [1.82, 2.24) is 4.31 Å². The first-order chi connectivity index (χ1) is 10.1. The highest BCUT2D eigenvalue weighted by molar-refractivity contribution is 9.09. The van der Waals surface area contributed by atoms with Crippen molar-refractivity contribution in [2.24, 2.45) is 5.92 Å². The number of rotatable bonds is 3. The Hall–Kier alpha value is -0.790. The van der Waals surface area contributed by atoms with Gasteiger partial charge in [0.15, 0.2) is 11.5 Å². The molecule has 21 heavy (non-hydrogen) atoms. The standard InChI is InChI=1S/C14H18BrNO4S/c15-10-11-3-5-16(6-4-11)21(17,18)12-1-2-13-14(9-12)20-8-7-19-13/h1-2,9,11H,3-8,10H2. The molecule has 3 rings (SSSR count). The van der Waals surface area contributed by atoms with Gasteiger partial charge in [0, 0.05) is 24.5 Å². The van der Waals surface area contributed by atoms with Crippen molar-refractivity contribution in [3.05, 3.63) is 18.2 Å². The summed E-state index contributed by atoms with van der Waals surface area (Å²) in [6.07, 6.45) is 1.80. The number of hydrogen-bond donors (Lipinski definition) is 0. The van der Waals surface area contributed by atoms with E-state index in [1.807, 2.05) is 0 Å². The van der Waals surface area contributed by atoms with E-state index in [9.17, 15) is 8.42 Å². The van der Waals surface area contributed by atoms with Crippen molar-refractivity contribution in [2.45, 2.75) is 17.7 Å². The van der Waals surface area contributed by atoms with Crippen molar-refractivity contribution >= 4 is 26.0 Å². The third kappa shape index (κ3) is 3.05. The molecule has 1 aromatic rings. The Morgan fingerprint density at radius 1 is 1.14 bits per heavy atom. The highest BCUT2D eigenvalue weighted by Gasteiger charge is 2.30. The molecule has 0 saturated carbocycles. The fraction of sp³-hybridized carbons (Fsp3) is 0.571. The second-order valence-corrected chi connectivity index (χ2v) is 7.89. The van der Waals surface area contributed by atoms with Gasteiger partial charge in [-0.25, -0.2) is 8.42 Å². The van der Waals surface area contributed by atoms with Crippen molar-refractivity contribution in [3.63, 3.8) is 0 Å². The molecule has 0 N–H and O–H groups in total. The van der Waals surface area contributed by atoms with E-state index in [-0.39, 0.29) is 4.90 Å². The Labute approximate surface area is 133 Å². The van der Waals surface area contributed by atoms with Gasteiger partial charge >= 0.3 is 0 Å². The summed E-state index contributed by atoms with van der Waals surface area (Å²) in [6, 6.07) is 4.84. The molecule has 2 aliphatic rings. The number of benzene rings is 1. The van der Waals surface area contributed by atoms with E-state index < -0.39 is 10.0 Å². The highest BCUT2D eigenvalue weighted by atomic mass is 79.9. The van der Waals surface area contributed by atoms with E-state index in [2.05, 4.69) is 15.9 Å². The summed E-state index contributed by atoms with van der Waals surface area (Å²) in [5, 5.41) is 0.935. The smallest absolute Gasteiger partial charge is 0.243 e. The Balaban J connectivity index is 1.82. The molecule has 0 bridgehead atoms. The average Bonchev–Trinajstić information content (AvgIpc) is 2.54. The van der Waals surface area contributed by atoms with Gasteiger partial charge in [-0.2, -0.15) is 4.31 Å². The molecular weight excluding hydrogens is 358 g/mol. The van der Waals surface area contributed by atoms with E-state index in [0.29, 0.717) is 43.7 Å². The topological polar surface area (TPSA) is 55.8 Å². The van der Waals surface area contributed by atoms with Crippen molar-refractivity contribution in [2.75, 3.05) is 31.6 Å². The molecule has 0 atom stereocenters. The normalized spacial score (nSPS) is 20.4. The maximum absolute atomic E-state index is 12.7. The van der Waals surface area contributed by atoms with Gasteiger partial charge in [-0.3, -0.25) is 0 Å². The first kappa shape index (κ1) is 15.1. The number of hydrogen-bond acceptors (Lipinski definition) is 4. The van der Waals surface area contributed by atoms with Crippen LogP contribution in [0.15, 0.2) is 23.1 Å². The van der Waals surface area contributed by atoms with Crippen molar-refractivity contribution in [1.29, 1.82) is 0 Å². The molecule has 5 nitrogen and oxygen atoms in total. The Bertz CT molecular complexity index is 611.